The number of nitrogens with zero attached hydrogens (tertiary/aromatic N) is 2. The number of rotatable bonds is 2. The van der Waals surface area contributed by atoms with E-state index in [4.69, 9.17) is 9.52 Å². The molecular weight excluding hydrogens is 208 g/mol. The summed E-state index contributed by atoms with van der Waals surface area (Å²) < 4.78 is 5.24. The molecule has 1 aromatic heterocycles. The third kappa shape index (κ3) is 1.89. The number of aromatic carboxylic acids is 1. The van der Waals surface area contributed by atoms with E-state index < -0.39 is 5.97 Å². The Kier molecular flexibility index (Phi) is 2.85. The van der Waals surface area contributed by atoms with Crippen LogP contribution >= 0.6 is 0 Å². The molecule has 1 aromatic rings. The van der Waals surface area contributed by atoms with E-state index in [2.05, 4.69) is 23.7 Å². The second-order valence-corrected chi connectivity index (χ2v) is 4.36. The first-order valence-corrected chi connectivity index (χ1v) is 5.56. The zero-order valence-electron chi connectivity index (χ0n) is 9.51. The number of oxazole rings is 1. The lowest BCUT2D eigenvalue weighted by Gasteiger charge is -2.37. The maximum atomic E-state index is 10.7. The molecular formula is C11H16N2O3. The normalized spacial score (nSPS) is 25.8. The molecule has 1 saturated heterocycles. The highest BCUT2D eigenvalue weighted by molar-refractivity contribution is 5.85. The van der Waals surface area contributed by atoms with E-state index in [0.717, 1.165) is 12.8 Å². The Labute approximate surface area is 94.1 Å². The molecule has 1 fully saturated rings. The first-order valence-electron chi connectivity index (χ1n) is 5.56. The number of anilines is 1. The summed E-state index contributed by atoms with van der Waals surface area (Å²) >= 11 is 0. The van der Waals surface area contributed by atoms with Gasteiger partial charge in [0.15, 0.2) is 5.69 Å². The summed E-state index contributed by atoms with van der Waals surface area (Å²) in [6, 6.07) is 1.13. The summed E-state index contributed by atoms with van der Waals surface area (Å²) in [6.45, 7) is 4.22. The van der Waals surface area contributed by atoms with Crippen molar-refractivity contribution in [2.45, 2.75) is 45.2 Å². The average molecular weight is 224 g/mol. The fourth-order valence-corrected chi connectivity index (χ4v) is 2.28. The average Bonchev–Trinajstić information content (AvgIpc) is 2.66. The fraction of sp³-hybridized carbons (Fsp3) is 0.636. The van der Waals surface area contributed by atoms with Crippen molar-refractivity contribution in [3.05, 3.63) is 12.0 Å². The van der Waals surface area contributed by atoms with Gasteiger partial charge in [0.25, 0.3) is 6.01 Å². The van der Waals surface area contributed by atoms with Gasteiger partial charge in [-0.1, -0.05) is 0 Å². The Hall–Kier alpha value is -1.52. The standard InChI is InChI=1S/C11H16N2O3/c1-7-4-3-5-8(2)13(7)11-12-9(6-16-11)10(14)15/h6-8H,3-5H2,1-2H3,(H,14,15). The van der Waals surface area contributed by atoms with E-state index in [1.807, 2.05) is 0 Å². The van der Waals surface area contributed by atoms with E-state index in [1.165, 1.54) is 12.7 Å². The molecule has 0 spiro atoms. The van der Waals surface area contributed by atoms with Crippen molar-refractivity contribution in [2.24, 2.45) is 0 Å². The Balaban J connectivity index is 2.23. The van der Waals surface area contributed by atoms with Crippen molar-refractivity contribution >= 4 is 12.0 Å². The number of carboxylic acid groups (broad SMARTS) is 1. The Morgan fingerprint density at radius 2 is 2.12 bits per heavy atom. The van der Waals surface area contributed by atoms with Crippen LogP contribution in [0.4, 0.5) is 6.01 Å². The molecule has 1 aliphatic heterocycles. The number of carboxylic acids is 1. The smallest absolute Gasteiger partial charge is 0.357 e. The fourth-order valence-electron chi connectivity index (χ4n) is 2.28. The molecule has 5 heteroatoms. The predicted molar refractivity (Wildman–Crippen MR) is 58.7 cm³/mol. The molecule has 2 atom stereocenters. The van der Waals surface area contributed by atoms with E-state index in [-0.39, 0.29) is 5.69 Å². The molecule has 0 radical (unpaired) electrons. The topological polar surface area (TPSA) is 66.6 Å². The van der Waals surface area contributed by atoms with Crippen LogP contribution in [-0.2, 0) is 0 Å². The van der Waals surface area contributed by atoms with Gasteiger partial charge in [-0.15, -0.1) is 0 Å². The largest absolute Gasteiger partial charge is 0.476 e. The molecule has 5 nitrogen and oxygen atoms in total. The number of aromatic nitrogens is 1. The highest BCUT2D eigenvalue weighted by Crippen LogP contribution is 2.28. The van der Waals surface area contributed by atoms with Crippen LogP contribution in [0.1, 0.15) is 43.6 Å². The Morgan fingerprint density at radius 1 is 1.50 bits per heavy atom. The first-order chi connectivity index (χ1) is 7.59. The van der Waals surface area contributed by atoms with Gasteiger partial charge in [0.1, 0.15) is 6.26 Å². The molecule has 0 amide bonds. The minimum absolute atomic E-state index is 0.0278. The number of carbonyl (C=O) groups is 1. The maximum absolute atomic E-state index is 10.7. The first kappa shape index (κ1) is 11.0. The summed E-state index contributed by atoms with van der Waals surface area (Å²) in [4.78, 5) is 16.8. The lowest BCUT2D eigenvalue weighted by Crippen LogP contribution is -2.44. The van der Waals surface area contributed by atoms with Gasteiger partial charge < -0.3 is 14.4 Å². The van der Waals surface area contributed by atoms with Gasteiger partial charge in [-0.25, -0.2) is 4.79 Å². The van der Waals surface area contributed by atoms with Crippen LogP contribution in [0.2, 0.25) is 0 Å². The van der Waals surface area contributed by atoms with Crippen LogP contribution in [0, 0.1) is 0 Å². The van der Waals surface area contributed by atoms with Crippen molar-refractivity contribution in [3.63, 3.8) is 0 Å². The molecule has 2 rings (SSSR count). The maximum Gasteiger partial charge on any atom is 0.357 e. The molecule has 0 bridgehead atoms. The minimum atomic E-state index is -1.05. The van der Waals surface area contributed by atoms with E-state index in [9.17, 15) is 4.79 Å². The lowest BCUT2D eigenvalue weighted by molar-refractivity contribution is 0.0690. The van der Waals surface area contributed by atoms with Crippen LogP contribution in [0.25, 0.3) is 0 Å². The zero-order valence-corrected chi connectivity index (χ0v) is 9.51. The van der Waals surface area contributed by atoms with Crippen LogP contribution < -0.4 is 4.90 Å². The predicted octanol–water partition coefficient (Wildman–Crippen LogP) is 2.14. The number of piperidine rings is 1. The van der Waals surface area contributed by atoms with E-state index in [0.29, 0.717) is 18.1 Å². The molecule has 0 aromatic carbocycles. The molecule has 0 aliphatic carbocycles. The molecule has 2 unspecified atom stereocenters. The van der Waals surface area contributed by atoms with Gasteiger partial charge in [0, 0.05) is 12.1 Å². The van der Waals surface area contributed by atoms with Crippen molar-refractivity contribution in [2.75, 3.05) is 4.90 Å². The second-order valence-electron chi connectivity index (χ2n) is 4.36. The molecule has 1 aliphatic rings. The van der Waals surface area contributed by atoms with Crippen molar-refractivity contribution in [1.82, 2.24) is 4.98 Å². The lowest BCUT2D eigenvalue weighted by atomic mass is 9.98. The van der Waals surface area contributed by atoms with Crippen molar-refractivity contribution < 1.29 is 14.3 Å². The van der Waals surface area contributed by atoms with Crippen molar-refractivity contribution in [3.8, 4) is 0 Å². The van der Waals surface area contributed by atoms with Crippen LogP contribution in [0.15, 0.2) is 10.7 Å². The summed E-state index contributed by atoms with van der Waals surface area (Å²) in [5.74, 6) is -1.05. The molecule has 16 heavy (non-hydrogen) atoms. The van der Waals surface area contributed by atoms with Crippen molar-refractivity contribution in [1.29, 1.82) is 0 Å². The summed E-state index contributed by atoms with van der Waals surface area (Å²) in [5.41, 5.74) is -0.0278. The van der Waals surface area contributed by atoms with Gasteiger partial charge in [-0.2, -0.15) is 4.98 Å². The molecule has 2 heterocycles. The SMILES string of the molecule is CC1CCCC(C)N1c1nc(C(=O)O)co1. The minimum Gasteiger partial charge on any atom is -0.476 e. The number of hydrogen-bond donors (Lipinski definition) is 1. The summed E-state index contributed by atoms with van der Waals surface area (Å²) in [7, 11) is 0. The summed E-state index contributed by atoms with van der Waals surface area (Å²) in [5, 5.41) is 8.79. The third-order valence-corrected chi connectivity index (χ3v) is 3.13. The highest BCUT2D eigenvalue weighted by atomic mass is 16.4. The zero-order chi connectivity index (χ0) is 11.7. The highest BCUT2D eigenvalue weighted by Gasteiger charge is 2.28. The molecule has 0 saturated carbocycles. The monoisotopic (exact) mass is 224 g/mol. The van der Waals surface area contributed by atoms with Gasteiger partial charge in [0.05, 0.1) is 0 Å². The molecule has 88 valence electrons. The second kappa shape index (κ2) is 4.15. The van der Waals surface area contributed by atoms with E-state index in [1.54, 1.807) is 0 Å². The Morgan fingerprint density at radius 3 is 2.62 bits per heavy atom. The number of hydrogen-bond acceptors (Lipinski definition) is 4. The Bertz CT molecular complexity index is 378. The van der Waals surface area contributed by atoms with Crippen LogP contribution in [0.3, 0.4) is 0 Å². The van der Waals surface area contributed by atoms with E-state index >= 15 is 0 Å². The van der Waals surface area contributed by atoms with Crippen LogP contribution in [0.5, 0.6) is 0 Å². The van der Waals surface area contributed by atoms with Gasteiger partial charge >= 0.3 is 5.97 Å². The molecule has 1 N–H and O–H groups in total. The van der Waals surface area contributed by atoms with Gasteiger partial charge in [-0.05, 0) is 33.1 Å². The quantitative estimate of drug-likeness (QED) is 0.833. The van der Waals surface area contributed by atoms with Gasteiger partial charge in [0.2, 0.25) is 0 Å². The van der Waals surface area contributed by atoms with Crippen LogP contribution in [-0.4, -0.2) is 28.1 Å². The van der Waals surface area contributed by atoms with Gasteiger partial charge in [-0.3, -0.25) is 0 Å². The third-order valence-electron chi connectivity index (χ3n) is 3.13. The summed E-state index contributed by atoms with van der Waals surface area (Å²) in [6.07, 6.45) is 4.58.